The maximum absolute atomic E-state index is 12.2. The molecule has 0 bridgehead atoms. The Labute approximate surface area is 166 Å². The molecule has 0 atom stereocenters. The lowest BCUT2D eigenvalue weighted by molar-refractivity contribution is -0.131. The van der Waals surface area contributed by atoms with Gasteiger partial charge in [0.15, 0.2) is 0 Å². The van der Waals surface area contributed by atoms with Gasteiger partial charge in [-0.1, -0.05) is 12.1 Å². The van der Waals surface area contributed by atoms with E-state index in [1.165, 1.54) is 16.7 Å². The summed E-state index contributed by atoms with van der Waals surface area (Å²) >= 11 is 3.15. The fraction of sp³-hybridized carbons (Fsp3) is 0.263. The van der Waals surface area contributed by atoms with E-state index >= 15 is 0 Å². The van der Waals surface area contributed by atoms with Gasteiger partial charge in [0.05, 0.1) is 22.5 Å². The highest BCUT2D eigenvalue weighted by Gasteiger charge is 2.14. The zero-order valence-electron chi connectivity index (χ0n) is 15.1. The van der Waals surface area contributed by atoms with E-state index in [-0.39, 0.29) is 18.4 Å². The minimum atomic E-state index is -0.264. The number of benzene rings is 1. The molecule has 2 heterocycles. The number of pyridine rings is 1. The van der Waals surface area contributed by atoms with Crippen LogP contribution in [-0.2, 0) is 15.3 Å². The maximum atomic E-state index is 12.2. The number of aromatic nitrogens is 2. The molecule has 27 heavy (non-hydrogen) atoms. The number of aryl methyl sites for hydroxylation is 1. The number of thiazole rings is 1. The van der Waals surface area contributed by atoms with Crippen molar-refractivity contribution in [2.45, 2.75) is 12.7 Å². The molecule has 0 unspecified atom stereocenters. The summed E-state index contributed by atoms with van der Waals surface area (Å²) in [7, 11) is 1.63. The predicted molar refractivity (Wildman–Crippen MR) is 111 cm³/mol. The monoisotopic (exact) mass is 400 g/mol. The highest BCUT2D eigenvalue weighted by atomic mass is 32.2. The van der Waals surface area contributed by atoms with Gasteiger partial charge in [-0.15, -0.1) is 23.1 Å². The van der Waals surface area contributed by atoms with Crippen LogP contribution >= 0.6 is 23.1 Å². The Morgan fingerprint density at radius 2 is 2.07 bits per heavy atom. The minimum absolute atomic E-state index is 0.00382. The van der Waals surface area contributed by atoms with Crippen LogP contribution in [0.2, 0.25) is 0 Å². The van der Waals surface area contributed by atoms with Crippen LogP contribution in [0.3, 0.4) is 0 Å². The number of thioether (sulfide) groups is 1. The molecular weight excluding hydrogens is 380 g/mol. The molecule has 0 aliphatic heterocycles. The van der Waals surface area contributed by atoms with Crippen molar-refractivity contribution in [1.82, 2.24) is 14.9 Å². The van der Waals surface area contributed by atoms with Gasteiger partial charge in [-0.25, -0.2) is 9.97 Å². The highest BCUT2D eigenvalue weighted by molar-refractivity contribution is 7.99. The summed E-state index contributed by atoms with van der Waals surface area (Å²) in [6.07, 6.45) is 1.64. The van der Waals surface area contributed by atoms with Crippen molar-refractivity contribution in [3.63, 3.8) is 0 Å². The SMILES string of the molecule is Cc1ccnc(NC(=O)CN(C)C(=O)CSCc2nc3ccccc3s2)c1. The number of amides is 2. The topological polar surface area (TPSA) is 75.2 Å². The molecule has 140 valence electrons. The van der Waals surface area contributed by atoms with Gasteiger partial charge in [-0.3, -0.25) is 9.59 Å². The molecular formula is C19H20N4O2S2. The molecule has 2 aromatic heterocycles. The van der Waals surface area contributed by atoms with E-state index < -0.39 is 0 Å². The second kappa shape index (κ2) is 8.96. The van der Waals surface area contributed by atoms with Crippen molar-refractivity contribution in [3.05, 3.63) is 53.2 Å². The van der Waals surface area contributed by atoms with Crippen molar-refractivity contribution >= 4 is 50.9 Å². The third-order valence-electron chi connectivity index (χ3n) is 3.78. The van der Waals surface area contributed by atoms with E-state index in [0.717, 1.165) is 20.8 Å². The molecule has 1 aromatic carbocycles. The number of para-hydroxylation sites is 1. The van der Waals surface area contributed by atoms with Crippen molar-refractivity contribution in [2.75, 3.05) is 24.7 Å². The van der Waals surface area contributed by atoms with Crippen LogP contribution in [-0.4, -0.2) is 46.0 Å². The lowest BCUT2D eigenvalue weighted by atomic mass is 10.3. The maximum Gasteiger partial charge on any atom is 0.245 e. The Balaban J connectivity index is 1.43. The highest BCUT2D eigenvalue weighted by Crippen LogP contribution is 2.24. The molecule has 0 radical (unpaired) electrons. The Kier molecular flexibility index (Phi) is 6.41. The molecule has 3 aromatic rings. The van der Waals surface area contributed by atoms with E-state index in [2.05, 4.69) is 15.3 Å². The second-order valence-electron chi connectivity index (χ2n) is 6.08. The summed E-state index contributed by atoms with van der Waals surface area (Å²) < 4.78 is 1.15. The first-order valence-corrected chi connectivity index (χ1v) is 10.4. The van der Waals surface area contributed by atoms with Crippen LogP contribution in [0.25, 0.3) is 10.2 Å². The molecule has 0 saturated carbocycles. The number of hydrogen-bond donors (Lipinski definition) is 1. The standard InChI is InChI=1S/C19H20N4O2S2/c1-13-7-8-20-16(9-13)22-17(24)10-23(2)19(25)12-26-11-18-21-14-5-3-4-6-15(14)27-18/h3-9H,10-12H2,1-2H3,(H,20,22,24). The van der Waals surface area contributed by atoms with E-state index in [1.807, 2.05) is 37.3 Å². The van der Waals surface area contributed by atoms with Crippen molar-refractivity contribution in [1.29, 1.82) is 0 Å². The summed E-state index contributed by atoms with van der Waals surface area (Å²) in [6, 6.07) is 11.6. The predicted octanol–water partition coefficient (Wildman–Crippen LogP) is 3.33. The van der Waals surface area contributed by atoms with Gasteiger partial charge in [-0.05, 0) is 36.8 Å². The van der Waals surface area contributed by atoms with Gasteiger partial charge in [0.25, 0.3) is 0 Å². The van der Waals surface area contributed by atoms with Crippen LogP contribution in [0.15, 0.2) is 42.6 Å². The van der Waals surface area contributed by atoms with E-state index in [4.69, 9.17) is 0 Å². The van der Waals surface area contributed by atoms with Crippen LogP contribution in [0.4, 0.5) is 5.82 Å². The van der Waals surface area contributed by atoms with Crippen LogP contribution in [0.5, 0.6) is 0 Å². The lowest BCUT2D eigenvalue weighted by Crippen LogP contribution is -2.36. The van der Waals surface area contributed by atoms with Gasteiger partial charge >= 0.3 is 0 Å². The smallest absolute Gasteiger partial charge is 0.245 e. The number of fused-ring (bicyclic) bond motifs is 1. The number of nitrogens with zero attached hydrogens (tertiary/aromatic N) is 3. The third-order valence-corrected chi connectivity index (χ3v) is 5.93. The molecule has 6 nitrogen and oxygen atoms in total. The molecule has 0 saturated heterocycles. The summed E-state index contributed by atoms with van der Waals surface area (Å²) in [6.45, 7) is 1.92. The molecule has 0 aliphatic carbocycles. The quantitative estimate of drug-likeness (QED) is 0.658. The van der Waals surface area contributed by atoms with Crippen molar-refractivity contribution in [2.24, 2.45) is 0 Å². The fourth-order valence-electron chi connectivity index (χ4n) is 2.41. The number of nitrogens with one attached hydrogen (secondary N) is 1. The average molecular weight is 401 g/mol. The second-order valence-corrected chi connectivity index (χ2v) is 8.19. The van der Waals surface area contributed by atoms with Crippen molar-refractivity contribution < 1.29 is 9.59 Å². The first-order valence-electron chi connectivity index (χ1n) is 8.40. The van der Waals surface area contributed by atoms with E-state index in [1.54, 1.807) is 30.6 Å². The van der Waals surface area contributed by atoms with Gasteiger partial charge < -0.3 is 10.2 Å². The third kappa shape index (κ3) is 5.51. The van der Waals surface area contributed by atoms with Gasteiger partial charge in [0, 0.05) is 19.0 Å². The molecule has 1 N–H and O–H groups in total. The molecule has 0 aliphatic rings. The number of rotatable bonds is 7. The normalized spacial score (nSPS) is 10.7. The van der Waals surface area contributed by atoms with E-state index in [9.17, 15) is 9.59 Å². The zero-order valence-corrected chi connectivity index (χ0v) is 16.8. The average Bonchev–Trinajstić information content (AvgIpc) is 3.04. The lowest BCUT2D eigenvalue weighted by Gasteiger charge is -2.16. The van der Waals surface area contributed by atoms with Gasteiger partial charge in [0.1, 0.15) is 10.8 Å². The number of anilines is 1. The molecule has 0 fully saturated rings. The largest absolute Gasteiger partial charge is 0.336 e. The first kappa shape index (κ1) is 19.3. The minimum Gasteiger partial charge on any atom is -0.336 e. The van der Waals surface area contributed by atoms with Gasteiger partial charge in [0.2, 0.25) is 11.8 Å². The van der Waals surface area contributed by atoms with Gasteiger partial charge in [-0.2, -0.15) is 0 Å². The van der Waals surface area contributed by atoms with Crippen LogP contribution in [0, 0.1) is 6.92 Å². The molecule has 3 rings (SSSR count). The fourth-order valence-corrected chi connectivity index (χ4v) is 4.39. The Morgan fingerprint density at radius 3 is 2.85 bits per heavy atom. The summed E-state index contributed by atoms with van der Waals surface area (Å²) in [5.41, 5.74) is 2.00. The molecule has 2 amide bonds. The van der Waals surface area contributed by atoms with Crippen LogP contribution < -0.4 is 5.32 Å². The molecule has 0 spiro atoms. The zero-order chi connectivity index (χ0) is 19.2. The number of carbonyl (C=O) groups is 2. The number of carbonyl (C=O) groups excluding carboxylic acids is 2. The summed E-state index contributed by atoms with van der Waals surface area (Å²) in [4.78, 5) is 34.4. The summed E-state index contributed by atoms with van der Waals surface area (Å²) in [5.74, 6) is 1.13. The first-order chi connectivity index (χ1) is 13.0. The number of hydrogen-bond acceptors (Lipinski definition) is 6. The Hall–Kier alpha value is -2.45. The van der Waals surface area contributed by atoms with Crippen molar-refractivity contribution in [3.8, 4) is 0 Å². The summed E-state index contributed by atoms with van der Waals surface area (Å²) in [5, 5.41) is 3.71. The van der Waals surface area contributed by atoms with E-state index in [0.29, 0.717) is 17.3 Å². The Morgan fingerprint density at radius 1 is 1.26 bits per heavy atom. The Bertz CT molecular complexity index is 925. The van der Waals surface area contributed by atoms with Crippen LogP contribution in [0.1, 0.15) is 10.6 Å². The number of likely N-dealkylation sites (N-methyl/N-ethyl adjacent to an activating group) is 1. The molecule has 8 heteroatoms.